The highest BCUT2D eigenvalue weighted by molar-refractivity contribution is 8.26. The van der Waals surface area contributed by atoms with Gasteiger partial charge in [0.25, 0.3) is 5.91 Å². The van der Waals surface area contributed by atoms with Crippen LogP contribution in [0, 0.1) is 0 Å². The molecular formula is C30H26ClN3O2S2. The van der Waals surface area contributed by atoms with Crippen LogP contribution in [0.25, 0.3) is 23.0 Å². The van der Waals surface area contributed by atoms with Crippen LogP contribution in [-0.4, -0.2) is 31.5 Å². The maximum Gasteiger partial charge on any atom is 0.266 e. The van der Waals surface area contributed by atoms with Crippen molar-refractivity contribution in [2.45, 2.75) is 26.3 Å². The topological polar surface area (TPSA) is 47.4 Å². The Bertz CT molecular complexity index is 1490. The molecule has 0 radical (unpaired) electrons. The Morgan fingerprint density at radius 1 is 1.05 bits per heavy atom. The second-order valence-corrected chi connectivity index (χ2v) is 10.9. The number of aromatic nitrogens is 2. The van der Waals surface area contributed by atoms with Crippen LogP contribution < -0.4 is 4.74 Å². The van der Waals surface area contributed by atoms with Crippen molar-refractivity contribution in [3.8, 4) is 22.7 Å². The van der Waals surface area contributed by atoms with Crippen molar-refractivity contribution in [1.82, 2.24) is 14.7 Å². The van der Waals surface area contributed by atoms with E-state index in [1.807, 2.05) is 95.8 Å². The summed E-state index contributed by atoms with van der Waals surface area (Å²) in [5, 5.41) is 5.40. The van der Waals surface area contributed by atoms with E-state index in [4.69, 9.17) is 33.7 Å². The summed E-state index contributed by atoms with van der Waals surface area (Å²) < 4.78 is 8.18. The van der Waals surface area contributed by atoms with Gasteiger partial charge in [-0.2, -0.15) is 5.10 Å². The number of carbonyl (C=O) groups is 1. The lowest BCUT2D eigenvalue weighted by molar-refractivity contribution is -0.122. The third-order valence-corrected chi connectivity index (χ3v) is 7.74. The van der Waals surface area contributed by atoms with E-state index in [9.17, 15) is 4.79 Å². The summed E-state index contributed by atoms with van der Waals surface area (Å²) in [6, 6.07) is 25.4. The highest BCUT2D eigenvalue weighted by Gasteiger charge is 2.32. The number of thiocarbonyl (C=S) groups is 1. The fourth-order valence-electron chi connectivity index (χ4n) is 4.07. The Morgan fingerprint density at radius 3 is 2.50 bits per heavy atom. The zero-order valence-electron chi connectivity index (χ0n) is 20.8. The first-order valence-corrected chi connectivity index (χ1v) is 14.0. The lowest BCUT2D eigenvalue weighted by atomic mass is 10.1. The zero-order valence-corrected chi connectivity index (χ0v) is 23.2. The molecule has 0 atom stereocenters. The number of thioether (sulfide) groups is 1. The summed E-state index contributed by atoms with van der Waals surface area (Å²) in [5.74, 6) is 0.537. The predicted molar refractivity (Wildman–Crippen MR) is 160 cm³/mol. The maximum absolute atomic E-state index is 13.4. The van der Waals surface area contributed by atoms with Crippen LogP contribution >= 0.6 is 35.6 Å². The molecule has 5 rings (SSSR count). The summed E-state index contributed by atoms with van der Waals surface area (Å²) in [6.45, 7) is 3.18. The van der Waals surface area contributed by atoms with E-state index in [-0.39, 0.29) is 5.91 Å². The number of para-hydroxylation sites is 1. The van der Waals surface area contributed by atoms with Gasteiger partial charge in [-0.3, -0.25) is 9.69 Å². The van der Waals surface area contributed by atoms with E-state index in [0.29, 0.717) is 38.8 Å². The Labute approximate surface area is 237 Å². The second kappa shape index (κ2) is 12.0. The minimum atomic E-state index is -0.111. The maximum atomic E-state index is 13.4. The number of unbranched alkanes of at least 4 members (excludes halogenated alkanes) is 1. The number of nitrogens with zero attached hydrogens (tertiary/aromatic N) is 3. The van der Waals surface area contributed by atoms with Gasteiger partial charge in [-0.1, -0.05) is 97.5 Å². The molecule has 1 aromatic heterocycles. The summed E-state index contributed by atoms with van der Waals surface area (Å²) in [7, 11) is 0. The van der Waals surface area contributed by atoms with Crippen molar-refractivity contribution < 1.29 is 9.53 Å². The molecule has 3 aromatic carbocycles. The molecule has 1 aliphatic heterocycles. The molecule has 0 spiro atoms. The van der Waals surface area contributed by atoms with Gasteiger partial charge in [0.05, 0.1) is 28.8 Å². The molecule has 0 N–H and O–H groups in total. The molecule has 0 bridgehead atoms. The Kier molecular flexibility index (Phi) is 8.27. The van der Waals surface area contributed by atoms with Crippen LogP contribution in [0.3, 0.4) is 0 Å². The highest BCUT2D eigenvalue weighted by atomic mass is 35.5. The number of hydrogen-bond acceptors (Lipinski definition) is 5. The van der Waals surface area contributed by atoms with Crippen molar-refractivity contribution in [2.24, 2.45) is 0 Å². The lowest BCUT2D eigenvalue weighted by Gasteiger charge is -2.14. The summed E-state index contributed by atoms with van der Waals surface area (Å²) in [4.78, 5) is 15.6. The number of amides is 1. The van der Waals surface area contributed by atoms with E-state index in [0.717, 1.165) is 35.2 Å². The van der Waals surface area contributed by atoms with Gasteiger partial charge in [-0.15, -0.1) is 0 Å². The van der Waals surface area contributed by atoms with Gasteiger partial charge in [-0.25, -0.2) is 4.68 Å². The number of halogens is 1. The summed E-state index contributed by atoms with van der Waals surface area (Å²) >= 11 is 13.5. The number of carbonyl (C=O) groups excluding carboxylic acids is 1. The van der Waals surface area contributed by atoms with Crippen LogP contribution in [0.5, 0.6) is 5.75 Å². The van der Waals surface area contributed by atoms with Crippen molar-refractivity contribution in [1.29, 1.82) is 0 Å². The minimum Gasteiger partial charge on any atom is -0.492 e. The monoisotopic (exact) mass is 559 g/mol. The van der Waals surface area contributed by atoms with E-state index in [1.54, 1.807) is 4.90 Å². The van der Waals surface area contributed by atoms with Gasteiger partial charge in [0, 0.05) is 17.3 Å². The third kappa shape index (κ3) is 5.85. The van der Waals surface area contributed by atoms with Crippen molar-refractivity contribution in [3.63, 3.8) is 0 Å². The molecule has 1 aliphatic rings. The van der Waals surface area contributed by atoms with Gasteiger partial charge < -0.3 is 4.74 Å². The molecule has 4 aromatic rings. The van der Waals surface area contributed by atoms with Crippen LogP contribution in [-0.2, 0) is 11.3 Å². The average Bonchev–Trinajstić information content (AvgIpc) is 3.47. The van der Waals surface area contributed by atoms with E-state index >= 15 is 0 Å². The Balaban J connectivity index is 1.50. The van der Waals surface area contributed by atoms with Crippen molar-refractivity contribution >= 4 is 51.9 Å². The Hall–Kier alpha value is -3.39. The number of benzene rings is 3. The first-order valence-electron chi connectivity index (χ1n) is 12.4. The number of ether oxygens (including phenoxy) is 1. The first-order chi connectivity index (χ1) is 18.5. The van der Waals surface area contributed by atoms with Gasteiger partial charge in [0.1, 0.15) is 15.8 Å². The average molecular weight is 560 g/mol. The molecule has 1 fully saturated rings. The summed E-state index contributed by atoms with van der Waals surface area (Å²) in [6.07, 6.45) is 5.80. The highest BCUT2D eigenvalue weighted by Crippen LogP contribution is 2.37. The van der Waals surface area contributed by atoms with Crippen LogP contribution in [0.15, 0.2) is 90.0 Å². The lowest BCUT2D eigenvalue weighted by Crippen LogP contribution is -2.27. The molecule has 1 amide bonds. The molecular weight excluding hydrogens is 534 g/mol. The third-order valence-electron chi connectivity index (χ3n) is 6.07. The standard InChI is InChI=1S/C30H26ClN3O2S2/c1-2-3-16-36-26-15-14-22(17-25(26)31)28-23(20-34(32-28)24-12-8-5-9-13-24)18-27-29(35)33(30(37)38-27)19-21-10-6-4-7-11-21/h4-15,17-18,20H,2-3,16,19H2,1H3. The molecule has 0 unspecified atom stereocenters. The molecule has 0 aliphatic carbocycles. The quantitative estimate of drug-likeness (QED) is 0.119. The van der Waals surface area contributed by atoms with Crippen molar-refractivity contribution in [2.75, 3.05) is 6.61 Å². The summed E-state index contributed by atoms with van der Waals surface area (Å²) in [5.41, 5.74) is 4.28. The van der Waals surface area contributed by atoms with Crippen molar-refractivity contribution in [3.05, 3.63) is 106 Å². The fourth-order valence-corrected chi connectivity index (χ4v) is 5.55. The second-order valence-electron chi connectivity index (χ2n) is 8.81. The Morgan fingerprint density at radius 2 is 1.79 bits per heavy atom. The van der Waals surface area contributed by atoms with E-state index < -0.39 is 0 Å². The molecule has 5 nitrogen and oxygen atoms in total. The first kappa shape index (κ1) is 26.2. The minimum absolute atomic E-state index is 0.111. The van der Waals surface area contributed by atoms with Gasteiger partial charge in [-0.05, 0) is 48.4 Å². The molecule has 192 valence electrons. The molecule has 2 heterocycles. The largest absolute Gasteiger partial charge is 0.492 e. The van der Waals surface area contributed by atoms with Crippen LogP contribution in [0.4, 0.5) is 0 Å². The van der Waals surface area contributed by atoms with Gasteiger partial charge in [0.2, 0.25) is 0 Å². The van der Waals surface area contributed by atoms with Gasteiger partial charge >= 0.3 is 0 Å². The van der Waals surface area contributed by atoms with Gasteiger partial charge in [0.15, 0.2) is 0 Å². The van der Waals surface area contributed by atoms with Crippen LogP contribution in [0.1, 0.15) is 30.9 Å². The molecule has 8 heteroatoms. The normalized spacial score (nSPS) is 14.5. The smallest absolute Gasteiger partial charge is 0.266 e. The predicted octanol–water partition coefficient (Wildman–Crippen LogP) is 7.77. The molecule has 1 saturated heterocycles. The molecule has 38 heavy (non-hydrogen) atoms. The van der Waals surface area contributed by atoms with E-state index in [2.05, 4.69) is 6.92 Å². The van der Waals surface area contributed by atoms with E-state index in [1.165, 1.54) is 11.8 Å². The zero-order chi connectivity index (χ0) is 26.5. The molecule has 0 saturated carbocycles. The van der Waals surface area contributed by atoms with Crippen LogP contribution in [0.2, 0.25) is 5.02 Å². The SMILES string of the molecule is CCCCOc1ccc(-c2nn(-c3ccccc3)cc2C=C2SC(=S)N(Cc3ccccc3)C2=O)cc1Cl. The fraction of sp³-hybridized carbons (Fsp3) is 0.167. The number of rotatable bonds is 9. The number of hydrogen-bond donors (Lipinski definition) is 0.